The topological polar surface area (TPSA) is 113 Å². The molecule has 0 aliphatic heterocycles. The molecule has 0 bridgehead atoms. The van der Waals surface area contributed by atoms with Crippen LogP contribution >= 0.6 is 0 Å². The van der Waals surface area contributed by atoms with Gasteiger partial charge >= 0.3 is 0 Å². The smallest absolute Gasteiger partial charge is 0.271 e. The largest absolute Gasteiger partial charge is 0.355 e. The lowest BCUT2D eigenvalue weighted by Gasteiger charge is -2.11. The molecule has 0 unspecified atom stereocenters. The average molecular weight is 506 g/mol. The van der Waals surface area contributed by atoms with Crippen LogP contribution in [-0.4, -0.2) is 15.8 Å². The van der Waals surface area contributed by atoms with Gasteiger partial charge in [0.15, 0.2) is 12.4 Å². The van der Waals surface area contributed by atoms with Crippen LogP contribution in [0.25, 0.3) is 10.9 Å². The van der Waals surface area contributed by atoms with Crippen molar-refractivity contribution < 1.29 is 14.3 Å². The van der Waals surface area contributed by atoms with Crippen LogP contribution in [0.2, 0.25) is 0 Å². The minimum absolute atomic E-state index is 0.00552. The highest BCUT2D eigenvalue weighted by Gasteiger charge is 2.10. The van der Waals surface area contributed by atoms with Crippen LogP contribution in [0.15, 0.2) is 104 Å². The van der Waals surface area contributed by atoms with Gasteiger partial charge in [0, 0.05) is 64.2 Å². The van der Waals surface area contributed by atoms with Gasteiger partial charge in [0.25, 0.3) is 11.6 Å². The average Bonchev–Trinajstić information content (AvgIpc) is 2.94. The molecule has 0 radical (unpaired) electrons. The van der Waals surface area contributed by atoms with Gasteiger partial charge in [-0.1, -0.05) is 0 Å². The zero-order valence-corrected chi connectivity index (χ0v) is 20.6. The standard InChI is InChI=1S/C29H24N6O3/c1-2-34-17-14-24(15-18-34)31-21-5-3-20(4-6-21)29(36)33-23-9-7-22(8-10-23)32-27-13-16-30-28-19-25(35(37)38)11-12-26(27)28/h3-19H,2H2,1H3,(H2,30,32,33,36)/p+1. The van der Waals surface area contributed by atoms with Crippen molar-refractivity contribution in [2.45, 2.75) is 13.5 Å². The van der Waals surface area contributed by atoms with Gasteiger partial charge in [0.05, 0.1) is 16.1 Å². The Kier molecular flexibility index (Phi) is 6.90. The van der Waals surface area contributed by atoms with E-state index < -0.39 is 4.92 Å². The van der Waals surface area contributed by atoms with Crippen molar-refractivity contribution >= 4 is 50.9 Å². The summed E-state index contributed by atoms with van der Waals surface area (Å²) in [7, 11) is 0. The number of carbonyl (C=O) groups excluding carboxylic acids is 1. The Hall–Kier alpha value is -5.31. The molecule has 0 atom stereocenters. The molecule has 1 amide bonds. The second-order valence-electron chi connectivity index (χ2n) is 8.59. The van der Waals surface area contributed by atoms with Crippen LogP contribution < -0.4 is 20.5 Å². The minimum Gasteiger partial charge on any atom is -0.355 e. The third-order valence-corrected chi connectivity index (χ3v) is 6.05. The van der Waals surface area contributed by atoms with Gasteiger partial charge in [-0.2, -0.15) is 0 Å². The molecular weight excluding hydrogens is 480 g/mol. The molecule has 0 fully saturated rings. The first kappa shape index (κ1) is 24.4. The normalized spacial score (nSPS) is 10.7. The fourth-order valence-corrected chi connectivity index (χ4v) is 3.98. The minimum atomic E-state index is -0.439. The van der Waals surface area contributed by atoms with E-state index >= 15 is 0 Å². The van der Waals surface area contributed by atoms with Gasteiger partial charge in [-0.15, -0.1) is 0 Å². The molecule has 0 aliphatic carbocycles. The molecule has 9 heteroatoms. The molecule has 188 valence electrons. The summed E-state index contributed by atoms with van der Waals surface area (Å²) in [6.45, 7) is 3.00. The summed E-state index contributed by atoms with van der Waals surface area (Å²) >= 11 is 0. The first-order valence-corrected chi connectivity index (χ1v) is 12.1. The summed E-state index contributed by atoms with van der Waals surface area (Å²) in [6.07, 6.45) is 5.63. The van der Waals surface area contributed by atoms with Gasteiger partial charge in [0.2, 0.25) is 0 Å². The molecule has 0 saturated carbocycles. The van der Waals surface area contributed by atoms with Crippen molar-refractivity contribution in [1.29, 1.82) is 0 Å². The maximum atomic E-state index is 12.7. The van der Waals surface area contributed by atoms with Crippen molar-refractivity contribution in [1.82, 2.24) is 4.98 Å². The fraction of sp³-hybridized carbons (Fsp3) is 0.0690. The van der Waals surface area contributed by atoms with E-state index in [2.05, 4.69) is 32.4 Å². The maximum Gasteiger partial charge on any atom is 0.271 e. The Morgan fingerprint density at radius 2 is 1.47 bits per heavy atom. The predicted molar refractivity (Wildman–Crippen MR) is 148 cm³/mol. The molecule has 5 aromatic rings. The molecule has 2 heterocycles. The van der Waals surface area contributed by atoms with Gasteiger partial charge in [-0.25, -0.2) is 4.57 Å². The molecule has 0 saturated heterocycles. The number of aromatic nitrogens is 2. The lowest BCUT2D eigenvalue weighted by molar-refractivity contribution is -0.693. The summed E-state index contributed by atoms with van der Waals surface area (Å²) in [5.74, 6) is -0.206. The van der Waals surface area contributed by atoms with Crippen LogP contribution in [0, 0.1) is 10.1 Å². The van der Waals surface area contributed by atoms with Gasteiger partial charge in [-0.05, 0) is 67.6 Å². The van der Waals surface area contributed by atoms with Crippen LogP contribution in [0.4, 0.5) is 34.1 Å². The third-order valence-electron chi connectivity index (χ3n) is 6.05. The van der Waals surface area contributed by atoms with Crippen molar-refractivity contribution in [3.8, 4) is 0 Å². The number of rotatable bonds is 8. The summed E-state index contributed by atoms with van der Waals surface area (Å²) in [6, 6.07) is 25.0. The Balaban J connectivity index is 1.22. The Morgan fingerprint density at radius 1 is 0.842 bits per heavy atom. The summed E-state index contributed by atoms with van der Waals surface area (Å²) in [4.78, 5) is 27.6. The van der Waals surface area contributed by atoms with Crippen molar-refractivity contribution in [3.05, 3.63) is 119 Å². The Labute approximate surface area is 218 Å². The molecule has 38 heavy (non-hydrogen) atoms. The number of carbonyl (C=O) groups is 1. The number of nitrogens with one attached hydrogen (secondary N) is 3. The SMILES string of the molecule is CC[n+]1ccc(Nc2ccc(C(=O)Nc3ccc(Nc4ccnc5cc([N+](=O)[O-])ccc45)cc3)cc2)cc1. The Morgan fingerprint density at radius 3 is 2.16 bits per heavy atom. The number of anilines is 5. The first-order valence-electron chi connectivity index (χ1n) is 12.1. The van der Waals surface area contributed by atoms with Crippen molar-refractivity contribution in [3.63, 3.8) is 0 Å². The Bertz CT molecular complexity index is 1600. The third kappa shape index (κ3) is 5.57. The maximum absolute atomic E-state index is 12.7. The number of nitro groups is 1. The highest BCUT2D eigenvalue weighted by atomic mass is 16.6. The second-order valence-corrected chi connectivity index (χ2v) is 8.59. The van der Waals surface area contributed by atoms with Crippen molar-refractivity contribution in [2.24, 2.45) is 0 Å². The molecular formula is C29H25N6O3+. The fourth-order valence-electron chi connectivity index (χ4n) is 3.98. The number of non-ortho nitro benzene ring substituents is 1. The van der Waals surface area contributed by atoms with E-state index in [1.807, 2.05) is 67.0 Å². The monoisotopic (exact) mass is 505 g/mol. The highest BCUT2D eigenvalue weighted by molar-refractivity contribution is 6.04. The van der Waals surface area contributed by atoms with E-state index in [9.17, 15) is 14.9 Å². The molecule has 0 spiro atoms. The molecule has 9 nitrogen and oxygen atoms in total. The van der Waals surface area contributed by atoms with Crippen LogP contribution in [-0.2, 0) is 6.54 Å². The van der Waals surface area contributed by atoms with E-state index in [1.54, 1.807) is 24.4 Å². The number of nitro benzene ring substituents is 1. The van der Waals surface area contributed by atoms with Gasteiger partial charge in [-0.3, -0.25) is 19.9 Å². The van der Waals surface area contributed by atoms with E-state index in [1.165, 1.54) is 12.1 Å². The van der Waals surface area contributed by atoms with Crippen LogP contribution in [0.5, 0.6) is 0 Å². The van der Waals surface area contributed by atoms with E-state index in [-0.39, 0.29) is 11.6 Å². The number of hydrogen-bond donors (Lipinski definition) is 3. The highest BCUT2D eigenvalue weighted by Crippen LogP contribution is 2.28. The number of pyridine rings is 2. The van der Waals surface area contributed by atoms with Crippen molar-refractivity contribution in [2.75, 3.05) is 16.0 Å². The number of aryl methyl sites for hydroxylation is 1. The van der Waals surface area contributed by atoms with E-state index in [4.69, 9.17) is 0 Å². The predicted octanol–water partition coefficient (Wildman–Crippen LogP) is 6.19. The zero-order chi connectivity index (χ0) is 26.5. The quantitative estimate of drug-likeness (QED) is 0.132. The number of nitrogens with zero attached hydrogens (tertiary/aromatic N) is 3. The van der Waals surface area contributed by atoms with Gasteiger partial charge < -0.3 is 16.0 Å². The molecule has 3 aromatic carbocycles. The molecule has 3 N–H and O–H groups in total. The van der Waals surface area contributed by atoms with E-state index in [0.717, 1.165) is 34.7 Å². The first-order chi connectivity index (χ1) is 18.5. The lowest BCUT2D eigenvalue weighted by Crippen LogP contribution is -2.30. The van der Waals surface area contributed by atoms with Crippen LogP contribution in [0.3, 0.4) is 0 Å². The summed E-state index contributed by atoms with van der Waals surface area (Å²) < 4.78 is 2.08. The van der Waals surface area contributed by atoms with Gasteiger partial charge in [0.1, 0.15) is 6.54 Å². The number of fused-ring (bicyclic) bond motifs is 1. The number of benzene rings is 3. The summed E-state index contributed by atoms with van der Waals surface area (Å²) in [5, 5.41) is 21.4. The summed E-state index contributed by atoms with van der Waals surface area (Å²) in [5.41, 5.74) is 5.17. The number of hydrogen-bond acceptors (Lipinski definition) is 6. The van der Waals surface area contributed by atoms with Crippen LogP contribution in [0.1, 0.15) is 17.3 Å². The molecule has 5 rings (SSSR count). The zero-order valence-electron chi connectivity index (χ0n) is 20.6. The molecule has 2 aromatic heterocycles. The van der Waals surface area contributed by atoms with E-state index in [0.29, 0.717) is 16.8 Å². The second kappa shape index (κ2) is 10.8. The number of amides is 1. The lowest BCUT2D eigenvalue weighted by atomic mass is 10.1. The molecule has 0 aliphatic rings.